The molecule has 10 heavy (non-hydrogen) atoms. The Hall–Kier alpha value is 1.88. The quantitative estimate of drug-likeness (QED) is 0.341. The summed E-state index contributed by atoms with van der Waals surface area (Å²) >= 11 is 8.56. The Morgan fingerprint density at radius 2 is 2.00 bits per heavy atom. The van der Waals surface area contributed by atoms with Crippen LogP contribution in [0.4, 0.5) is 0 Å². The van der Waals surface area contributed by atoms with Crippen LogP contribution >= 0.6 is 24.8 Å². The molecule has 1 rings (SSSR count). The number of thiol groups is 1. The van der Waals surface area contributed by atoms with Crippen molar-refractivity contribution in [2.75, 3.05) is 0 Å². The molecule has 1 saturated carbocycles. The van der Waals surface area contributed by atoms with Crippen LogP contribution in [-0.2, 0) is 4.74 Å². The van der Waals surface area contributed by atoms with Gasteiger partial charge in [0.25, 0.3) is 0 Å². The minimum atomic E-state index is 0. The number of hydrogen-bond acceptors (Lipinski definition) is 2. The van der Waals surface area contributed by atoms with Crippen molar-refractivity contribution in [1.29, 1.82) is 0 Å². The van der Waals surface area contributed by atoms with Crippen LogP contribution in [0.2, 0.25) is 0 Å². The van der Waals surface area contributed by atoms with E-state index >= 15 is 0 Å². The number of thiocarbonyl (C=S) groups is 1. The normalized spacial score (nSPS) is 18.1. The summed E-state index contributed by atoms with van der Waals surface area (Å²) in [5.74, 6) is 0. The van der Waals surface area contributed by atoms with Crippen LogP contribution in [0, 0.1) is 0 Å². The molecule has 0 aromatic carbocycles. The van der Waals surface area contributed by atoms with Gasteiger partial charge in [-0.05, 0) is 37.9 Å². The van der Waals surface area contributed by atoms with Crippen molar-refractivity contribution in [3.63, 3.8) is 0 Å². The zero-order valence-electron chi connectivity index (χ0n) is 7.17. The van der Waals surface area contributed by atoms with Crippen molar-refractivity contribution in [2.45, 2.75) is 31.8 Å². The fraction of sp³-hybridized carbons (Fsp3) is 0.833. The molecule has 0 N–H and O–H groups in total. The molecule has 0 amide bonds. The molecule has 1 aliphatic rings. The fourth-order valence-electron chi connectivity index (χ4n) is 1.15. The molecular weight excluding hydrogens is 191 g/mol. The zero-order chi connectivity index (χ0) is 6.69. The van der Waals surface area contributed by atoms with Gasteiger partial charge in [-0.25, -0.2) is 0 Å². The second-order valence-corrected chi connectivity index (χ2v) is 3.37. The maximum absolute atomic E-state index is 5.21. The van der Waals surface area contributed by atoms with Gasteiger partial charge in [0.15, 0.2) is 0 Å². The third-order valence-electron chi connectivity index (χ3n) is 1.57. The van der Waals surface area contributed by atoms with E-state index in [1.54, 1.807) is 0 Å². The Bertz CT molecular complexity index is 117. The van der Waals surface area contributed by atoms with Gasteiger partial charge >= 0.3 is 51.4 Å². The molecule has 0 atom stereocenters. The first kappa shape index (κ1) is 11.9. The second-order valence-electron chi connectivity index (χ2n) is 2.29. The Balaban J connectivity index is 0. The largest absolute Gasteiger partial charge is 1.00 e. The number of ether oxygens (including phenoxy) is 1. The Morgan fingerprint density at radius 1 is 1.50 bits per heavy atom. The summed E-state index contributed by atoms with van der Waals surface area (Å²) in [7, 11) is 0. The van der Waals surface area contributed by atoms with Crippen LogP contribution < -0.4 is 51.4 Å². The summed E-state index contributed by atoms with van der Waals surface area (Å²) < 4.78 is 5.60. The fourth-order valence-corrected chi connectivity index (χ4v) is 1.43. The predicted molar refractivity (Wildman–Crippen MR) is 46.0 cm³/mol. The molecule has 1 nitrogen and oxygen atoms in total. The standard InChI is InChI=1S/C6H10OS2.K.H/c8-6(9)7-5-3-1-2-4-5;;/h5H,1-4H2,(H,8,9);;/q;+1;-1. The molecule has 0 bridgehead atoms. The van der Waals surface area contributed by atoms with Gasteiger partial charge in [0, 0.05) is 0 Å². The molecule has 0 heterocycles. The van der Waals surface area contributed by atoms with Crippen LogP contribution in [0.1, 0.15) is 27.1 Å². The van der Waals surface area contributed by atoms with Gasteiger partial charge in [-0.1, -0.05) is 12.6 Å². The molecular formula is C6H11KOS2. The summed E-state index contributed by atoms with van der Waals surface area (Å²) in [5, 5.41) is 0. The third kappa shape index (κ3) is 4.69. The van der Waals surface area contributed by atoms with Crippen LogP contribution in [0.5, 0.6) is 0 Å². The first-order valence-corrected chi connectivity index (χ1v) is 4.04. The minimum Gasteiger partial charge on any atom is -1.00 e. The van der Waals surface area contributed by atoms with E-state index in [1.807, 2.05) is 0 Å². The average molecular weight is 202 g/mol. The van der Waals surface area contributed by atoms with E-state index < -0.39 is 0 Å². The van der Waals surface area contributed by atoms with Crippen molar-refractivity contribution < 1.29 is 57.5 Å². The SMILES string of the molecule is S=C(S)OC1CCCC1.[H-].[K+]. The van der Waals surface area contributed by atoms with Crippen molar-refractivity contribution >= 4 is 29.2 Å². The molecule has 54 valence electrons. The molecule has 0 aliphatic heterocycles. The van der Waals surface area contributed by atoms with E-state index in [1.165, 1.54) is 12.8 Å². The van der Waals surface area contributed by atoms with E-state index in [9.17, 15) is 0 Å². The van der Waals surface area contributed by atoms with Gasteiger partial charge in [-0.2, -0.15) is 0 Å². The molecule has 1 aliphatic carbocycles. The second kappa shape index (κ2) is 6.40. The topological polar surface area (TPSA) is 9.23 Å². The van der Waals surface area contributed by atoms with E-state index in [-0.39, 0.29) is 52.8 Å². The predicted octanol–water partition coefficient (Wildman–Crippen LogP) is -0.723. The minimum absolute atomic E-state index is 0. The Kier molecular flexibility index (Phi) is 7.60. The summed E-state index contributed by atoms with van der Waals surface area (Å²) in [6, 6.07) is 0. The molecule has 0 aromatic rings. The number of rotatable bonds is 1. The van der Waals surface area contributed by atoms with Gasteiger partial charge in [-0.15, -0.1) is 0 Å². The van der Waals surface area contributed by atoms with Crippen LogP contribution in [0.15, 0.2) is 0 Å². The van der Waals surface area contributed by atoms with Crippen LogP contribution in [0.3, 0.4) is 0 Å². The van der Waals surface area contributed by atoms with Crippen LogP contribution in [-0.4, -0.2) is 10.5 Å². The van der Waals surface area contributed by atoms with Crippen molar-refractivity contribution in [3.05, 3.63) is 0 Å². The van der Waals surface area contributed by atoms with Crippen molar-refractivity contribution in [2.24, 2.45) is 0 Å². The summed E-state index contributed by atoms with van der Waals surface area (Å²) in [4.78, 5) is 0. The Labute approximate surface area is 117 Å². The van der Waals surface area contributed by atoms with Crippen molar-refractivity contribution in [3.8, 4) is 0 Å². The molecule has 0 radical (unpaired) electrons. The molecule has 4 heteroatoms. The molecule has 0 saturated heterocycles. The van der Waals surface area contributed by atoms with Gasteiger partial charge in [-0.3, -0.25) is 0 Å². The van der Waals surface area contributed by atoms with Gasteiger partial charge < -0.3 is 6.16 Å². The maximum Gasteiger partial charge on any atom is 1.00 e. The van der Waals surface area contributed by atoms with Crippen LogP contribution in [0.25, 0.3) is 0 Å². The average Bonchev–Trinajstić information content (AvgIpc) is 2.15. The first-order valence-electron chi connectivity index (χ1n) is 3.18. The third-order valence-corrected chi connectivity index (χ3v) is 1.77. The van der Waals surface area contributed by atoms with Crippen molar-refractivity contribution in [1.82, 2.24) is 0 Å². The Morgan fingerprint density at radius 3 is 2.40 bits per heavy atom. The van der Waals surface area contributed by atoms with E-state index in [0.29, 0.717) is 10.5 Å². The van der Waals surface area contributed by atoms with E-state index in [2.05, 4.69) is 24.8 Å². The summed E-state index contributed by atoms with van der Waals surface area (Å²) in [5.41, 5.74) is 0. The van der Waals surface area contributed by atoms with E-state index in [4.69, 9.17) is 4.74 Å². The molecule has 0 spiro atoms. The summed E-state index contributed by atoms with van der Waals surface area (Å²) in [6.07, 6.45) is 5.23. The van der Waals surface area contributed by atoms with E-state index in [0.717, 1.165) is 12.8 Å². The van der Waals surface area contributed by atoms with Gasteiger partial charge in [0.05, 0.1) is 0 Å². The monoisotopic (exact) mass is 202 g/mol. The summed E-state index contributed by atoms with van der Waals surface area (Å²) in [6.45, 7) is 0. The molecule has 0 unspecified atom stereocenters. The van der Waals surface area contributed by atoms with Gasteiger partial charge in [0.1, 0.15) is 6.10 Å². The van der Waals surface area contributed by atoms with Gasteiger partial charge in [0.2, 0.25) is 4.38 Å². The first-order chi connectivity index (χ1) is 4.29. The molecule has 1 fully saturated rings. The smallest absolute Gasteiger partial charge is 1.00 e. The maximum atomic E-state index is 5.21. The zero-order valence-corrected chi connectivity index (χ0v) is 11.0. The number of hydrogen-bond donors (Lipinski definition) is 1. The molecule has 0 aromatic heterocycles.